The van der Waals surface area contributed by atoms with Gasteiger partial charge in [-0.05, 0) is 36.4 Å². The number of anilines is 1. The van der Waals surface area contributed by atoms with Crippen LogP contribution in [0, 0.1) is 0 Å². The fourth-order valence-corrected chi connectivity index (χ4v) is 2.01. The van der Waals surface area contributed by atoms with Crippen molar-refractivity contribution in [3.8, 4) is 0 Å². The number of likely N-dealkylation sites (N-methyl/N-ethyl adjacent to an activating group) is 1. The Bertz CT molecular complexity index is 462. The molecule has 1 aromatic heterocycles. The third-order valence-corrected chi connectivity index (χ3v) is 3.43. The summed E-state index contributed by atoms with van der Waals surface area (Å²) >= 11 is 3.32. The van der Waals surface area contributed by atoms with Crippen molar-refractivity contribution >= 4 is 21.6 Å². The van der Waals surface area contributed by atoms with Crippen LogP contribution in [0.3, 0.4) is 0 Å². The molecule has 0 saturated heterocycles. The van der Waals surface area contributed by atoms with Crippen LogP contribution >= 0.6 is 15.9 Å². The molecule has 1 rings (SSSR count). The van der Waals surface area contributed by atoms with E-state index in [9.17, 15) is 4.79 Å². The monoisotopic (exact) mass is 346 g/mol. The standard InChI is InChI=1S/C13H23BrN4O2/c1-4-6-18-13(19)12(14)11(10-16-18)15-5-8-20-9-7-17(2)3/h10,15H,4-9H2,1-3H3. The molecule has 0 amide bonds. The Morgan fingerprint density at radius 2 is 2.20 bits per heavy atom. The van der Waals surface area contributed by atoms with Crippen LogP contribution in [0.25, 0.3) is 0 Å². The van der Waals surface area contributed by atoms with Gasteiger partial charge in [-0.25, -0.2) is 4.68 Å². The summed E-state index contributed by atoms with van der Waals surface area (Å²) in [6.07, 6.45) is 2.55. The molecule has 1 aromatic rings. The van der Waals surface area contributed by atoms with E-state index in [4.69, 9.17) is 4.74 Å². The van der Waals surface area contributed by atoms with Crippen LogP contribution in [-0.4, -0.2) is 55.1 Å². The van der Waals surface area contributed by atoms with Crippen molar-refractivity contribution in [1.82, 2.24) is 14.7 Å². The Morgan fingerprint density at radius 1 is 1.45 bits per heavy atom. The molecular weight excluding hydrogens is 324 g/mol. The summed E-state index contributed by atoms with van der Waals surface area (Å²) in [5.74, 6) is 0. The second-order valence-corrected chi connectivity index (χ2v) is 5.54. The summed E-state index contributed by atoms with van der Waals surface area (Å²) < 4.78 is 7.46. The molecule has 7 heteroatoms. The fourth-order valence-electron chi connectivity index (χ4n) is 1.57. The van der Waals surface area contributed by atoms with Crippen LogP contribution in [0.1, 0.15) is 13.3 Å². The number of hydrogen-bond acceptors (Lipinski definition) is 5. The van der Waals surface area contributed by atoms with E-state index in [1.165, 1.54) is 4.68 Å². The van der Waals surface area contributed by atoms with Crippen molar-refractivity contribution < 1.29 is 4.74 Å². The van der Waals surface area contributed by atoms with E-state index < -0.39 is 0 Å². The molecule has 6 nitrogen and oxygen atoms in total. The number of rotatable bonds is 9. The molecular formula is C13H23BrN4O2. The number of halogens is 1. The zero-order chi connectivity index (χ0) is 15.0. The van der Waals surface area contributed by atoms with Crippen molar-refractivity contribution in [3.63, 3.8) is 0 Å². The fraction of sp³-hybridized carbons (Fsp3) is 0.692. The summed E-state index contributed by atoms with van der Waals surface area (Å²) in [6, 6.07) is 0. The average Bonchev–Trinajstić information content (AvgIpc) is 2.41. The van der Waals surface area contributed by atoms with Gasteiger partial charge in [0.15, 0.2) is 0 Å². The highest BCUT2D eigenvalue weighted by Gasteiger charge is 2.07. The zero-order valence-electron chi connectivity index (χ0n) is 12.4. The Labute approximate surface area is 128 Å². The van der Waals surface area contributed by atoms with Crippen molar-refractivity contribution in [2.24, 2.45) is 0 Å². The summed E-state index contributed by atoms with van der Waals surface area (Å²) in [7, 11) is 4.02. The normalized spacial score (nSPS) is 11.1. The molecule has 1 heterocycles. The minimum atomic E-state index is -0.106. The van der Waals surface area contributed by atoms with Gasteiger partial charge in [0.2, 0.25) is 0 Å². The Balaban J connectivity index is 2.41. The van der Waals surface area contributed by atoms with Crippen molar-refractivity contribution in [3.05, 3.63) is 21.0 Å². The highest BCUT2D eigenvalue weighted by Crippen LogP contribution is 2.15. The molecule has 0 aliphatic heterocycles. The van der Waals surface area contributed by atoms with Crippen molar-refractivity contribution in [1.29, 1.82) is 0 Å². The Morgan fingerprint density at radius 3 is 2.85 bits per heavy atom. The predicted octanol–water partition coefficient (Wildman–Crippen LogP) is 1.41. The molecule has 1 N–H and O–H groups in total. The van der Waals surface area contributed by atoms with Crippen LogP contribution in [0.15, 0.2) is 15.5 Å². The second-order valence-electron chi connectivity index (χ2n) is 4.74. The second kappa shape index (κ2) is 9.10. The molecule has 0 aromatic carbocycles. The lowest BCUT2D eigenvalue weighted by Gasteiger charge is -2.12. The van der Waals surface area contributed by atoms with E-state index in [2.05, 4.69) is 31.2 Å². The van der Waals surface area contributed by atoms with Gasteiger partial charge in [-0.15, -0.1) is 0 Å². The molecule has 114 valence electrons. The molecule has 0 aliphatic carbocycles. The van der Waals surface area contributed by atoms with E-state index in [-0.39, 0.29) is 5.56 Å². The average molecular weight is 347 g/mol. The summed E-state index contributed by atoms with van der Waals surface area (Å²) in [5, 5.41) is 7.28. The van der Waals surface area contributed by atoms with Crippen molar-refractivity contribution in [2.75, 3.05) is 45.7 Å². The highest BCUT2D eigenvalue weighted by molar-refractivity contribution is 9.10. The van der Waals surface area contributed by atoms with Gasteiger partial charge in [0.1, 0.15) is 4.47 Å². The molecule has 0 spiro atoms. The van der Waals surface area contributed by atoms with Gasteiger partial charge < -0.3 is 15.0 Å². The van der Waals surface area contributed by atoms with Crippen LogP contribution in [0.5, 0.6) is 0 Å². The van der Waals surface area contributed by atoms with Gasteiger partial charge in [-0.2, -0.15) is 5.10 Å². The number of aromatic nitrogens is 2. The Kier molecular flexibility index (Phi) is 7.79. The van der Waals surface area contributed by atoms with Crippen LogP contribution in [0.2, 0.25) is 0 Å². The van der Waals surface area contributed by atoms with E-state index in [0.29, 0.717) is 36.5 Å². The van der Waals surface area contributed by atoms with Crippen molar-refractivity contribution in [2.45, 2.75) is 19.9 Å². The SMILES string of the molecule is CCCn1ncc(NCCOCCN(C)C)c(Br)c1=O. The first-order chi connectivity index (χ1) is 9.56. The largest absolute Gasteiger partial charge is 0.380 e. The molecule has 0 radical (unpaired) electrons. The number of ether oxygens (including phenoxy) is 1. The maximum absolute atomic E-state index is 12.0. The van der Waals surface area contributed by atoms with Gasteiger partial charge in [0.25, 0.3) is 5.56 Å². The lowest BCUT2D eigenvalue weighted by molar-refractivity contribution is 0.126. The Hall–Kier alpha value is -0.920. The maximum atomic E-state index is 12.0. The number of nitrogens with one attached hydrogen (secondary N) is 1. The first kappa shape index (κ1) is 17.1. The molecule has 20 heavy (non-hydrogen) atoms. The minimum absolute atomic E-state index is 0.106. The lowest BCUT2D eigenvalue weighted by Crippen LogP contribution is -2.25. The van der Waals surface area contributed by atoms with Gasteiger partial charge in [-0.3, -0.25) is 4.79 Å². The van der Waals surface area contributed by atoms with E-state index in [1.54, 1.807) is 6.20 Å². The third-order valence-electron chi connectivity index (χ3n) is 2.66. The number of nitrogens with zero attached hydrogens (tertiary/aromatic N) is 3. The maximum Gasteiger partial charge on any atom is 0.283 e. The molecule has 0 aliphatic rings. The smallest absolute Gasteiger partial charge is 0.283 e. The number of hydrogen-bond donors (Lipinski definition) is 1. The van der Waals surface area contributed by atoms with Gasteiger partial charge in [0, 0.05) is 19.6 Å². The summed E-state index contributed by atoms with van der Waals surface area (Å²) in [6.45, 7) is 5.48. The third kappa shape index (κ3) is 5.60. The van der Waals surface area contributed by atoms with Gasteiger partial charge >= 0.3 is 0 Å². The van der Waals surface area contributed by atoms with E-state index in [1.807, 2.05) is 21.0 Å². The summed E-state index contributed by atoms with van der Waals surface area (Å²) in [5.41, 5.74) is 0.601. The zero-order valence-corrected chi connectivity index (χ0v) is 13.9. The molecule has 0 saturated carbocycles. The topological polar surface area (TPSA) is 59.4 Å². The minimum Gasteiger partial charge on any atom is -0.380 e. The molecule has 0 unspecified atom stereocenters. The molecule has 0 bridgehead atoms. The first-order valence-electron chi connectivity index (χ1n) is 6.78. The molecule has 0 fully saturated rings. The van der Waals surface area contributed by atoms with Crippen LogP contribution < -0.4 is 10.9 Å². The predicted molar refractivity (Wildman–Crippen MR) is 84.4 cm³/mol. The van der Waals surface area contributed by atoms with Gasteiger partial charge in [-0.1, -0.05) is 6.92 Å². The first-order valence-corrected chi connectivity index (χ1v) is 7.57. The van der Waals surface area contributed by atoms with E-state index >= 15 is 0 Å². The quantitative estimate of drug-likeness (QED) is 0.685. The number of aryl methyl sites for hydroxylation is 1. The molecule has 0 atom stereocenters. The van der Waals surface area contributed by atoms with E-state index in [0.717, 1.165) is 13.0 Å². The van der Waals surface area contributed by atoms with Crippen LogP contribution in [0.4, 0.5) is 5.69 Å². The summed E-state index contributed by atoms with van der Waals surface area (Å²) in [4.78, 5) is 14.0. The van der Waals surface area contributed by atoms with Crippen LogP contribution in [-0.2, 0) is 11.3 Å². The lowest BCUT2D eigenvalue weighted by atomic mass is 10.4. The highest BCUT2D eigenvalue weighted by atomic mass is 79.9. The van der Waals surface area contributed by atoms with Gasteiger partial charge in [0.05, 0.1) is 25.1 Å².